The second-order valence-corrected chi connectivity index (χ2v) is 10.8. The summed E-state index contributed by atoms with van der Waals surface area (Å²) in [6.07, 6.45) is 3.15. The summed E-state index contributed by atoms with van der Waals surface area (Å²) in [6.45, 7) is 8.74. The quantitative estimate of drug-likeness (QED) is 0.625. The molecule has 0 spiro atoms. The van der Waals surface area contributed by atoms with Gasteiger partial charge in [0.2, 0.25) is 5.88 Å². The lowest BCUT2D eigenvalue weighted by Crippen LogP contribution is -2.51. The number of nitrogens with zero attached hydrogens (tertiary/aromatic N) is 2. The van der Waals surface area contributed by atoms with Crippen molar-refractivity contribution in [1.29, 1.82) is 0 Å². The van der Waals surface area contributed by atoms with E-state index in [0.29, 0.717) is 17.3 Å². The lowest BCUT2D eigenvalue weighted by Gasteiger charge is -2.45. The minimum atomic E-state index is -0.861. The second kappa shape index (κ2) is 9.90. The van der Waals surface area contributed by atoms with E-state index in [2.05, 4.69) is 31.1 Å². The summed E-state index contributed by atoms with van der Waals surface area (Å²) >= 11 is 1.47. The number of carbonyl (C=O) groups is 2. The number of hydrogen-bond acceptors (Lipinski definition) is 5. The highest BCUT2D eigenvalue weighted by Gasteiger charge is 2.39. The van der Waals surface area contributed by atoms with E-state index in [4.69, 9.17) is 4.74 Å². The van der Waals surface area contributed by atoms with Gasteiger partial charge in [0.15, 0.2) is 0 Å². The summed E-state index contributed by atoms with van der Waals surface area (Å²) in [5.74, 6) is 0.710. The molecule has 8 heteroatoms. The van der Waals surface area contributed by atoms with E-state index in [0.717, 1.165) is 29.7 Å². The molecule has 3 heterocycles. The molecule has 0 radical (unpaired) electrons. The summed E-state index contributed by atoms with van der Waals surface area (Å²) in [7, 11) is 1.57. The topological polar surface area (TPSA) is 91.8 Å². The lowest BCUT2D eigenvalue weighted by atomic mass is 9.75. The molecular formula is C24H33N3O4S. The van der Waals surface area contributed by atoms with Crippen LogP contribution in [-0.4, -0.2) is 46.7 Å². The maximum atomic E-state index is 12.9. The number of piperidine rings is 1. The molecule has 7 nitrogen and oxygen atoms in total. The molecule has 2 amide bonds. The Hall–Kier alpha value is -2.61. The van der Waals surface area contributed by atoms with Crippen molar-refractivity contribution in [3.8, 4) is 5.88 Å². The molecule has 0 saturated carbocycles. The molecule has 32 heavy (non-hydrogen) atoms. The molecule has 2 aromatic rings. The minimum absolute atomic E-state index is 0.0657. The Morgan fingerprint density at radius 3 is 2.59 bits per heavy atom. The van der Waals surface area contributed by atoms with E-state index in [1.807, 2.05) is 25.1 Å². The molecule has 3 unspecified atom stereocenters. The van der Waals surface area contributed by atoms with Gasteiger partial charge in [-0.25, -0.2) is 9.78 Å². The predicted octanol–water partition coefficient (Wildman–Crippen LogP) is 5.13. The predicted molar refractivity (Wildman–Crippen MR) is 125 cm³/mol. The molecular weight excluding hydrogens is 426 g/mol. The van der Waals surface area contributed by atoms with Crippen LogP contribution in [0.15, 0.2) is 30.5 Å². The third-order valence-corrected chi connectivity index (χ3v) is 7.17. The van der Waals surface area contributed by atoms with Gasteiger partial charge in [-0.2, -0.15) is 0 Å². The number of ether oxygens (including phenoxy) is 1. The number of amides is 2. The average molecular weight is 460 g/mol. The van der Waals surface area contributed by atoms with Crippen molar-refractivity contribution in [2.45, 2.75) is 59.0 Å². The maximum Gasteiger partial charge on any atom is 0.407 e. The first-order chi connectivity index (χ1) is 15.1. The Morgan fingerprint density at radius 2 is 2.06 bits per heavy atom. The van der Waals surface area contributed by atoms with Gasteiger partial charge in [0.25, 0.3) is 5.91 Å². The van der Waals surface area contributed by atoms with E-state index in [1.165, 1.54) is 11.3 Å². The summed E-state index contributed by atoms with van der Waals surface area (Å²) in [6, 6.07) is 7.24. The van der Waals surface area contributed by atoms with Crippen LogP contribution in [0.4, 0.5) is 4.79 Å². The van der Waals surface area contributed by atoms with Crippen molar-refractivity contribution < 1.29 is 19.4 Å². The zero-order chi connectivity index (χ0) is 23.5. The van der Waals surface area contributed by atoms with Crippen LogP contribution in [0.1, 0.15) is 66.2 Å². The van der Waals surface area contributed by atoms with Gasteiger partial charge in [0.05, 0.1) is 18.0 Å². The zero-order valence-corrected chi connectivity index (χ0v) is 20.2. The van der Waals surface area contributed by atoms with Crippen LogP contribution in [0.3, 0.4) is 0 Å². The monoisotopic (exact) mass is 459 g/mol. The van der Waals surface area contributed by atoms with Crippen LogP contribution in [0.5, 0.6) is 5.88 Å². The molecule has 1 aliphatic rings. The van der Waals surface area contributed by atoms with Gasteiger partial charge < -0.3 is 20.1 Å². The smallest absolute Gasteiger partial charge is 0.407 e. The SMILES string of the molecule is COc1ccc(C(CC2CCN(C(=O)O)C(C(C)(C)C)C2)NC(=O)c2ccc(C)s2)cn1. The van der Waals surface area contributed by atoms with Gasteiger partial charge in [-0.15, -0.1) is 11.3 Å². The Labute approximate surface area is 193 Å². The molecule has 1 saturated heterocycles. The molecule has 0 aliphatic carbocycles. The first kappa shape index (κ1) is 24.0. The molecule has 1 aliphatic heterocycles. The standard InChI is InChI=1S/C24H33N3O4S/c1-15-6-8-19(32-15)22(28)26-18(17-7-9-21(31-5)25-14-17)12-16-10-11-27(23(29)30)20(13-16)24(2,3)4/h6-9,14,16,18,20H,10-13H2,1-5H3,(H,26,28)(H,29,30). The van der Waals surface area contributed by atoms with Crippen molar-refractivity contribution >= 4 is 23.3 Å². The fraction of sp³-hybridized carbons (Fsp3) is 0.542. The van der Waals surface area contributed by atoms with Gasteiger partial charge >= 0.3 is 6.09 Å². The Bertz CT molecular complexity index is 935. The van der Waals surface area contributed by atoms with Gasteiger partial charge in [-0.1, -0.05) is 26.8 Å². The number of likely N-dealkylation sites (tertiary alicyclic amines) is 1. The maximum absolute atomic E-state index is 12.9. The number of carbonyl (C=O) groups excluding carboxylic acids is 1. The van der Waals surface area contributed by atoms with Crippen molar-refractivity contribution in [3.05, 3.63) is 45.8 Å². The minimum Gasteiger partial charge on any atom is -0.481 e. The van der Waals surface area contributed by atoms with Gasteiger partial charge in [0, 0.05) is 29.7 Å². The number of pyridine rings is 1. The van der Waals surface area contributed by atoms with Crippen LogP contribution in [0, 0.1) is 18.3 Å². The Kier molecular flexibility index (Phi) is 7.44. The highest BCUT2D eigenvalue weighted by atomic mass is 32.1. The number of aryl methyl sites for hydroxylation is 1. The van der Waals surface area contributed by atoms with Crippen LogP contribution >= 0.6 is 11.3 Å². The largest absolute Gasteiger partial charge is 0.481 e. The van der Waals surface area contributed by atoms with E-state index >= 15 is 0 Å². The van der Waals surface area contributed by atoms with Crippen LogP contribution in [0.25, 0.3) is 0 Å². The fourth-order valence-corrected chi connectivity index (χ4v) is 5.19. The number of thiophene rings is 1. The molecule has 3 rings (SSSR count). The van der Waals surface area contributed by atoms with Crippen molar-refractivity contribution in [2.75, 3.05) is 13.7 Å². The number of rotatable bonds is 6. The number of hydrogen-bond donors (Lipinski definition) is 2. The average Bonchev–Trinajstić information content (AvgIpc) is 3.19. The van der Waals surface area contributed by atoms with E-state index in [1.54, 1.807) is 24.3 Å². The third-order valence-electron chi connectivity index (χ3n) is 6.17. The molecule has 2 aromatic heterocycles. The van der Waals surface area contributed by atoms with Crippen LogP contribution < -0.4 is 10.1 Å². The number of nitrogens with one attached hydrogen (secondary N) is 1. The number of aromatic nitrogens is 1. The first-order valence-electron chi connectivity index (χ1n) is 10.9. The first-order valence-corrected chi connectivity index (χ1v) is 11.8. The second-order valence-electron chi connectivity index (χ2n) is 9.55. The number of methoxy groups -OCH3 is 1. The summed E-state index contributed by atoms with van der Waals surface area (Å²) in [4.78, 5) is 32.4. The fourth-order valence-electron chi connectivity index (χ4n) is 4.42. The normalized spacial score (nSPS) is 20.0. The summed E-state index contributed by atoms with van der Waals surface area (Å²) < 4.78 is 5.18. The highest BCUT2D eigenvalue weighted by molar-refractivity contribution is 7.13. The molecule has 3 atom stereocenters. The Balaban J connectivity index is 1.81. The van der Waals surface area contributed by atoms with Crippen molar-refractivity contribution in [2.24, 2.45) is 11.3 Å². The van der Waals surface area contributed by atoms with E-state index < -0.39 is 6.09 Å². The van der Waals surface area contributed by atoms with E-state index in [9.17, 15) is 14.7 Å². The molecule has 2 N–H and O–H groups in total. The van der Waals surface area contributed by atoms with Gasteiger partial charge in [-0.3, -0.25) is 4.79 Å². The Morgan fingerprint density at radius 1 is 1.31 bits per heavy atom. The molecule has 174 valence electrons. The summed E-state index contributed by atoms with van der Waals surface area (Å²) in [5.41, 5.74) is 0.756. The lowest BCUT2D eigenvalue weighted by molar-refractivity contribution is 0.0369. The third kappa shape index (κ3) is 5.79. The van der Waals surface area contributed by atoms with Crippen LogP contribution in [0.2, 0.25) is 0 Å². The van der Waals surface area contributed by atoms with E-state index in [-0.39, 0.29) is 29.3 Å². The summed E-state index contributed by atoms with van der Waals surface area (Å²) in [5, 5.41) is 12.9. The van der Waals surface area contributed by atoms with Crippen molar-refractivity contribution in [1.82, 2.24) is 15.2 Å². The van der Waals surface area contributed by atoms with Crippen LogP contribution in [-0.2, 0) is 0 Å². The van der Waals surface area contributed by atoms with Crippen molar-refractivity contribution in [3.63, 3.8) is 0 Å². The number of carboxylic acid groups (broad SMARTS) is 1. The highest BCUT2D eigenvalue weighted by Crippen LogP contribution is 2.38. The molecule has 0 aromatic carbocycles. The zero-order valence-electron chi connectivity index (χ0n) is 19.4. The van der Waals surface area contributed by atoms with Gasteiger partial charge in [-0.05, 0) is 55.2 Å². The molecule has 1 fully saturated rings. The molecule has 0 bridgehead atoms. The van der Waals surface area contributed by atoms with Gasteiger partial charge in [0.1, 0.15) is 0 Å².